The molecule has 0 spiro atoms. The molecule has 4 nitrogen and oxygen atoms in total. The van der Waals surface area contributed by atoms with Crippen molar-refractivity contribution < 1.29 is 9.90 Å². The van der Waals surface area contributed by atoms with Crippen molar-refractivity contribution in [2.24, 2.45) is 0 Å². The molecule has 122 valence electrons. The average Bonchev–Trinajstić information content (AvgIpc) is 2.95. The fraction of sp³-hybridized carbons (Fsp3) is 0.158. The third-order valence-electron chi connectivity index (χ3n) is 3.82. The van der Waals surface area contributed by atoms with E-state index in [0.29, 0.717) is 0 Å². The number of aromatic carboxylic acids is 1. The van der Waals surface area contributed by atoms with Gasteiger partial charge in [0.25, 0.3) is 0 Å². The summed E-state index contributed by atoms with van der Waals surface area (Å²) in [6.45, 7) is 4.19. The van der Waals surface area contributed by atoms with Crippen LogP contribution in [0, 0.1) is 6.92 Å². The van der Waals surface area contributed by atoms with Gasteiger partial charge in [-0.15, -0.1) is 11.3 Å². The van der Waals surface area contributed by atoms with Crippen molar-refractivity contribution in [3.05, 3.63) is 64.5 Å². The van der Waals surface area contributed by atoms with Gasteiger partial charge in [0, 0.05) is 16.1 Å². The zero-order valence-corrected chi connectivity index (χ0v) is 14.4. The molecule has 2 aromatic carbocycles. The number of hydrogen-bond donors (Lipinski definition) is 2. The minimum atomic E-state index is -0.926. The van der Waals surface area contributed by atoms with Gasteiger partial charge in [-0.25, -0.2) is 9.78 Å². The van der Waals surface area contributed by atoms with Gasteiger partial charge in [-0.1, -0.05) is 31.2 Å². The molecule has 0 radical (unpaired) electrons. The SMILES string of the molecule is CCc1ccc(-c2nc(Nc3ccc(C(=O)O)cc3)sc2C)cc1. The van der Waals surface area contributed by atoms with Crippen LogP contribution in [0.1, 0.15) is 27.7 Å². The molecule has 1 heterocycles. The van der Waals surface area contributed by atoms with E-state index in [1.807, 2.05) is 0 Å². The van der Waals surface area contributed by atoms with Gasteiger partial charge in [0.2, 0.25) is 0 Å². The summed E-state index contributed by atoms with van der Waals surface area (Å²) < 4.78 is 0. The average molecular weight is 338 g/mol. The normalized spacial score (nSPS) is 10.6. The molecule has 0 atom stereocenters. The molecule has 3 aromatic rings. The summed E-state index contributed by atoms with van der Waals surface area (Å²) in [7, 11) is 0. The Morgan fingerprint density at radius 1 is 1.12 bits per heavy atom. The highest BCUT2D eigenvalue weighted by Gasteiger charge is 2.10. The lowest BCUT2D eigenvalue weighted by Gasteiger charge is -2.03. The fourth-order valence-electron chi connectivity index (χ4n) is 2.44. The molecule has 3 rings (SSSR count). The minimum Gasteiger partial charge on any atom is -0.478 e. The van der Waals surface area contributed by atoms with E-state index in [9.17, 15) is 4.79 Å². The Morgan fingerprint density at radius 3 is 2.38 bits per heavy atom. The molecule has 0 aliphatic carbocycles. The summed E-state index contributed by atoms with van der Waals surface area (Å²) in [5.74, 6) is -0.926. The number of nitrogens with zero attached hydrogens (tertiary/aromatic N) is 1. The zero-order valence-electron chi connectivity index (χ0n) is 13.5. The van der Waals surface area contributed by atoms with Crippen LogP contribution >= 0.6 is 11.3 Å². The molecule has 5 heteroatoms. The van der Waals surface area contributed by atoms with Crippen molar-refractivity contribution in [1.82, 2.24) is 4.98 Å². The number of thiazole rings is 1. The summed E-state index contributed by atoms with van der Waals surface area (Å²) in [6.07, 6.45) is 1.02. The summed E-state index contributed by atoms with van der Waals surface area (Å²) in [5, 5.41) is 13.0. The number of aromatic nitrogens is 1. The van der Waals surface area contributed by atoms with Gasteiger partial charge in [0.1, 0.15) is 0 Å². The molecule has 0 aliphatic rings. The number of carboxylic acids is 1. The van der Waals surface area contributed by atoms with Crippen LogP contribution in [0.25, 0.3) is 11.3 Å². The Hall–Kier alpha value is -2.66. The second-order valence-electron chi connectivity index (χ2n) is 5.48. The van der Waals surface area contributed by atoms with Crippen LogP contribution in [-0.4, -0.2) is 16.1 Å². The maximum Gasteiger partial charge on any atom is 0.335 e. The molecule has 0 saturated heterocycles. The fourth-order valence-corrected chi connectivity index (χ4v) is 3.29. The number of aryl methyl sites for hydroxylation is 2. The van der Waals surface area contributed by atoms with Gasteiger partial charge in [-0.2, -0.15) is 0 Å². The number of nitrogens with one attached hydrogen (secondary N) is 1. The van der Waals surface area contributed by atoms with E-state index in [4.69, 9.17) is 5.11 Å². The van der Waals surface area contributed by atoms with Gasteiger partial charge < -0.3 is 10.4 Å². The molecule has 0 unspecified atom stereocenters. The third kappa shape index (κ3) is 3.46. The molecule has 24 heavy (non-hydrogen) atoms. The predicted molar refractivity (Wildman–Crippen MR) is 98.3 cm³/mol. The summed E-state index contributed by atoms with van der Waals surface area (Å²) >= 11 is 1.59. The maximum atomic E-state index is 10.9. The van der Waals surface area contributed by atoms with E-state index >= 15 is 0 Å². The Bertz CT molecular complexity index is 852. The van der Waals surface area contributed by atoms with Crippen LogP contribution in [0.15, 0.2) is 48.5 Å². The lowest BCUT2D eigenvalue weighted by Crippen LogP contribution is -1.96. The van der Waals surface area contributed by atoms with Crippen molar-refractivity contribution in [3.8, 4) is 11.3 Å². The number of carboxylic acid groups (broad SMARTS) is 1. The minimum absolute atomic E-state index is 0.271. The van der Waals surface area contributed by atoms with E-state index < -0.39 is 5.97 Å². The van der Waals surface area contributed by atoms with E-state index in [-0.39, 0.29) is 5.56 Å². The molecule has 1 aromatic heterocycles. The smallest absolute Gasteiger partial charge is 0.335 e. The maximum absolute atomic E-state index is 10.9. The highest BCUT2D eigenvalue weighted by molar-refractivity contribution is 7.16. The van der Waals surface area contributed by atoms with Crippen LogP contribution in [0.3, 0.4) is 0 Å². The Balaban J connectivity index is 1.81. The highest BCUT2D eigenvalue weighted by atomic mass is 32.1. The summed E-state index contributed by atoms with van der Waals surface area (Å²) in [4.78, 5) is 16.7. The second kappa shape index (κ2) is 6.84. The first-order valence-electron chi connectivity index (χ1n) is 7.74. The lowest BCUT2D eigenvalue weighted by molar-refractivity contribution is 0.0697. The topological polar surface area (TPSA) is 62.2 Å². The number of carbonyl (C=O) groups is 1. The number of anilines is 2. The largest absolute Gasteiger partial charge is 0.478 e. The molecule has 0 amide bonds. The molecular formula is C19H18N2O2S. The molecule has 0 aliphatic heterocycles. The first-order chi connectivity index (χ1) is 11.6. The first kappa shape index (κ1) is 16.2. The highest BCUT2D eigenvalue weighted by Crippen LogP contribution is 2.32. The molecule has 2 N–H and O–H groups in total. The summed E-state index contributed by atoms with van der Waals surface area (Å²) in [5.41, 5.74) is 4.49. The Morgan fingerprint density at radius 2 is 1.79 bits per heavy atom. The van der Waals surface area contributed by atoms with Gasteiger partial charge >= 0.3 is 5.97 Å². The van der Waals surface area contributed by atoms with Gasteiger partial charge in [-0.3, -0.25) is 0 Å². The van der Waals surface area contributed by atoms with Crippen molar-refractivity contribution in [3.63, 3.8) is 0 Å². The van der Waals surface area contributed by atoms with Crippen molar-refractivity contribution in [2.75, 3.05) is 5.32 Å². The van der Waals surface area contributed by atoms with Gasteiger partial charge in [-0.05, 0) is 43.2 Å². The monoisotopic (exact) mass is 338 g/mol. The van der Waals surface area contributed by atoms with Crippen LogP contribution in [0.4, 0.5) is 10.8 Å². The van der Waals surface area contributed by atoms with Crippen molar-refractivity contribution in [2.45, 2.75) is 20.3 Å². The van der Waals surface area contributed by atoms with Crippen LogP contribution in [0.2, 0.25) is 0 Å². The number of benzene rings is 2. The quantitative estimate of drug-likeness (QED) is 0.677. The Labute approximate surface area is 144 Å². The number of hydrogen-bond acceptors (Lipinski definition) is 4. The van der Waals surface area contributed by atoms with Gasteiger partial charge in [0.15, 0.2) is 5.13 Å². The predicted octanol–water partition coefficient (Wildman–Crippen LogP) is 5.12. The third-order valence-corrected chi connectivity index (χ3v) is 4.70. The van der Waals surface area contributed by atoms with Crippen LogP contribution < -0.4 is 5.32 Å². The standard InChI is InChI=1S/C19H18N2O2S/c1-3-13-4-6-14(7-5-13)17-12(2)24-19(21-17)20-16-10-8-15(9-11-16)18(22)23/h4-11H,3H2,1-2H3,(H,20,21)(H,22,23). The van der Waals surface area contributed by atoms with Crippen LogP contribution in [0.5, 0.6) is 0 Å². The van der Waals surface area contributed by atoms with E-state index in [1.54, 1.807) is 35.6 Å². The van der Waals surface area contributed by atoms with Gasteiger partial charge in [0.05, 0.1) is 11.3 Å². The van der Waals surface area contributed by atoms with E-state index in [0.717, 1.165) is 33.4 Å². The van der Waals surface area contributed by atoms with Crippen molar-refractivity contribution >= 4 is 28.1 Å². The van der Waals surface area contributed by atoms with E-state index in [2.05, 4.69) is 48.4 Å². The van der Waals surface area contributed by atoms with Crippen molar-refractivity contribution in [1.29, 1.82) is 0 Å². The van der Waals surface area contributed by atoms with Crippen LogP contribution in [-0.2, 0) is 6.42 Å². The second-order valence-corrected chi connectivity index (χ2v) is 6.68. The number of rotatable bonds is 5. The molecular weight excluding hydrogens is 320 g/mol. The lowest BCUT2D eigenvalue weighted by atomic mass is 10.1. The van der Waals surface area contributed by atoms with E-state index in [1.165, 1.54) is 5.56 Å². The molecule has 0 saturated carbocycles. The first-order valence-corrected chi connectivity index (χ1v) is 8.55. The molecule has 0 bridgehead atoms. The zero-order chi connectivity index (χ0) is 17.1. The molecule has 0 fully saturated rings. The summed E-state index contributed by atoms with van der Waals surface area (Å²) in [6, 6.07) is 15.1. The Kier molecular flexibility index (Phi) is 4.62.